The van der Waals surface area contributed by atoms with Crippen molar-refractivity contribution in [3.63, 3.8) is 0 Å². The maximum atomic E-state index is 11.4. The lowest BCUT2D eigenvalue weighted by Gasteiger charge is -2.07. The van der Waals surface area contributed by atoms with Gasteiger partial charge in [-0.05, 0) is 35.9 Å². The molecule has 102 valence electrons. The van der Waals surface area contributed by atoms with Gasteiger partial charge in [-0.2, -0.15) is 0 Å². The Morgan fingerprint density at radius 2 is 2.15 bits per heavy atom. The lowest BCUT2D eigenvalue weighted by molar-refractivity contribution is -0.130. The zero-order valence-electron chi connectivity index (χ0n) is 10.7. The summed E-state index contributed by atoms with van der Waals surface area (Å²) in [7, 11) is 1.50. The van der Waals surface area contributed by atoms with Crippen molar-refractivity contribution in [2.24, 2.45) is 0 Å². The Kier molecular flexibility index (Phi) is 4.38. The summed E-state index contributed by atoms with van der Waals surface area (Å²) >= 11 is 6.02. The van der Waals surface area contributed by atoms with Gasteiger partial charge >= 0.3 is 5.97 Å². The maximum absolute atomic E-state index is 11.4. The molecule has 0 saturated heterocycles. The number of halogens is 1. The molecular formula is C15H12ClNO3. The Balaban J connectivity index is 2.47. The van der Waals surface area contributed by atoms with Gasteiger partial charge < -0.3 is 9.84 Å². The SMILES string of the molecule is COc1ccc(/C(=C/c2ccccn2)C(=O)O)cc1Cl. The summed E-state index contributed by atoms with van der Waals surface area (Å²) < 4.78 is 5.05. The highest BCUT2D eigenvalue weighted by Crippen LogP contribution is 2.28. The van der Waals surface area contributed by atoms with Gasteiger partial charge in [0.15, 0.2) is 0 Å². The second-order valence-electron chi connectivity index (χ2n) is 3.97. The summed E-state index contributed by atoms with van der Waals surface area (Å²) in [6.07, 6.45) is 3.10. The molecular weight excluding hydrogens is 278 g/mol. The van der Waals surface area contributed by atoms with Crippen LogP contribution in [0.3, 0.4) is 0 Å². The number of benzene rings is 1. The third-order valence-corrected chi connectivity index (χ3v) is 2.97. The number of carboxylic acids is 1. The number of carbonyl (C=O) groups is 1. The number of aliphatic carboxylic acids is 1. The van der Waals surface area contributed by atoms with Crippen LogP contribution in [0, 0.1) is 0 Å². The van der Waals surface area contributed by atoms with E-state index in [-0.39, 0.29) is 5.57 Å². The number of methoxy groups -OCH3 is 1. The highest BCUT2D eigenvalue weighted by Gasteiger charge is 2.13. The van der Waals surface area contributed by atoms with Crippen LogP contribution in [0.1, 0.15) is 11.3 Å². The molecule has 0 amide bonds. The topological polar surface area (TPSA) is 59.4 Å². The van der Waals surface area contributed by atoms with Crippen molar-refractivity contribution in [3.8, 4) is 5.75 Å². The molecule has 0 fully saturated rings. The molecule has 1 N–H and O–H groups in total. The van der Waals surface area contributed by atoms with Gasteiger partial charge in [0.2, 0.25) is 0 Å². The van der Waals surface area contributed by atoms with Crippen LogP contribution in [0.5, 0.6) is 5.75 Å². The molecule has 0 unspecified atom stereocenters. The molecule has 20 heavy (non-hydrogen) atoms. The van der Waals surface area contributed by atoms with Gasteiger partial charge in [-0.3, -0.25) is 4.98 Å². The van der Waals surface area contributed by atoms with E-state index < -0.39 is 5.97 Å². The molecule has 0 aliphatic carbocycles. The van der Waals surface area contributed by atoms with Crippen molar-refractivity contribution in [2.45, 2.75) is 0 Å². The van der Waals surface area contributed by atoms with Crippen molar-refractivity contribution >= 4 is 29.2 Å². The third kappa shape index (κ3) is 3.16. The van der Waals surface area contributed by atoms with E-state index >= 15 is 0 Å². The lowest BCUT2D eigenvalue weighted by Crippen LogP contribution is -2.00. The molecule has 0 atom stereocenters. The fourth-order valence-electron chi connectivity index (χ4n) is 1.71. The van der Waals surface area contributed by atoms with Gasteiger partial charge in [-0.15, -0.1) is 0 Å². The summed E-state index contributed by atoms with van der Waals surface area (Å²) in [5.74, 6) is -0.546. The number of rotatable bonds is 4. The van der Waals surface area contributed by atoms with Gasteiger partial charge in [0.05, 0.1) is 23.4 Å². The molecule has 2 rings (SSSR count). The Bertz CT molecular complexity index is 653. The summed E-state index contributed by atoms with van der Waals surface area (Å²) in [6.45, 7) is 0. The molecule has 0 aliphatic heterocycles. The number of nitrogens with zero attached hydrogens (tertiary/aromatic N) is 1. The van der Waals surface area contributed by atoms with E-state index in [4.69, 9.17) is 16.3 Å². The molecule has 5 heteroatoms. The van der Waals surface area contributed by atoms with E-state index in [1.165, 1.54) is 13.2 Å². The Morgan fingerprint density at radius 3 is 2.70 bits per heavy atom. The van der Waals surface area contributed by atoms with Crippen LogP contribution in [0.2, 0.25) is 5.02 Å². The summed E-state index contributed by atoms with van der Waals surface area (Å²) in [4.78, 5) is 15.5. The molecule has 0 bridgehead atoms. The lowest BCUT2D eigenvalue weighted by atomic mass is 10.0. The van der Waals surface area contributed by atoms with E-state index in [2.05, 4.69) is 4.98 Å². The Hall–Kier alpha value is -2.33. The average Bonchev–Trinajstić information content (AvgIpc) is 2.45. The quantitative estimate of drug-likeness (QED) is 0.877. The fraction of sp³-hybridized carbons (Fsp3) is 0.0667. The van der Waals surface area contributed by atoms with Gasteiger partial charge in [0.25, 0.3) is 0 Å². The summed E-state index contributed by atoms with van der Waals surface area (Å²) in [6, 6.07) is 10.1. The summed E-state index contributed by atoms with van der Waals surface area (Å²) in [5.41, 5.74) is 1.18. The van der Waals surface area contributed by atoms with Crippen molar-refractivity contribution < 1.29 is 14.6 Å². The van der Waals surface area contributed by atoms with Crippen LogP contribution in [0.15, 0.2) is 42.6 Å². The molecule has 0 radical (unpaired) electrons. The number of hydrogen-bond acceptors (Lipinski definition) is 3. The van der Waals surface area contributed by atoms with Gasteiger partial charge in [-0.25, -0.2) is 4.79 Å². The number of ether oxygens (including phenoxy) is 1. The predicted octanol–water partition coefficient (Wildman–Crippen LogP) is 3.37. The first kappa shape index (κ1) is 14.1. The summed E-state index contributed by atoms with van der Waals surface area (Å²) in [5, 5.41) is 9.69. The third-order valence-electron chi connectivity index (χ3n) is 2.67. The minimum absolute atomic E-state index is 0.119. The normalized spacial score (nSPS) is 11.2. The van der Waals surface area contributed by atoms with E-state index in [0.717, 1.165) is 0 Å². The predicted molar refractivity (Wildman–Crippen MR) is 77.7 cm³/mol. The van der Waals surface area contributed by atoms with Gasteiger partial charge in [0.1, 0.15) is 5.75 Å². The van der Waals surface area contributed by atoms with E-state index in [9.17, 15) is 9.90 Å². The van der Waals surface area contributed by atoms with E-state index in [1.54, 1.807) is 42.6 Å². The minimum atomic E-state index is -1.04. The molecule has 0 spiro atoms. The number of aromatic nitrogens is 1. The monoisotopic (exact) mass is 289 g/mol. The standard InChI is InChI=1S/C15H12ClNO3/c1-20-14-6-5-10(8-13(14)16)12(15(18)19)9-11-4-2-3-7-17-11/h2-9H,1H3,(H,18,19)/b12-9-. The first-order chi connectivity index (χ1) is 9.61. The van der Waals surface area contributed by atoms with Crippen LogP contribution in [-0.2, 0) is 4.79 Å². The van der Waals surface area contributed by atoms with E-state index in [1.807, 2.05) is 0 Å². The van der Waals surface area contributed by atoms with Crippen LogP contribution < -0.4 is 4.74 Å². The zero-order chi connectivity index (χ0) is 14.5. The van der Waals surface area contributed by atoms with Crippen LogP contribution >= 0.6 is 11.6 Å². The largest absolute Gasteiger partial charge is 0.495 e. The van der Waals surface area contributed by atoms with Crippen LogP contribution in [-0.4, -0.2) is 23.2 Å². The second-order valence-corrected chi connectivity index (χ2v) is 4.37. The van der Waals surface area contributed by atoms with Crippen molar-refractivity contribution in [1.29, 1.82) is 0 Å². The molecule has 1 aromatic carbocycles. The Labute approximate surface area is 121 Å². The molecule has 0 saturated carbocycles. The van der Waals surface area contributed by atoms with Crippen LogP contribution in [0.25, 0.3) is 11.6 Å². The first-order valence-electron chi connectivity index (χ1n) is 5.81. The first-order valence-corrected chi connectivity index (χ1v) is 6.19. The number of pyridine rings is 1. The van der Waals surface area contributed by atoms with Crippen molar-refractivity contribution in [1.82, 2.24) is 4.98 Å². The van der Waals surface area contributed by atoms with Gasteiger partial charge in [-0.1, -0.05) is 23.7 Å². The average molecular weight is 290 g/mol. The zero-order valence-corrected chi connectivity index (χ0v) is 11.5. The smallest absolute Gasteiger partial charge is 0.336 e. The molecule has 1 aromatic heterocycles. The van der Waals surface area contributed by atoms with Crippen molar-refractivity contribution in [2.75, 3.05) is 7.11 Å². The minimum Gasteiger partial charge on any atom is -0.495 e. The number of hydrogen-bond donors (Lipinski definition) is 1. The number of carboxylic acid groups (broad SMARTS) is 1. The highest BCUT2D eigenvalue weighted by atomic mass is 35.5. The van der Waals surface area contributed by atoms with Crippen LogP contribution in [0.4, 0.5) is 0 Å². The van der Waals surface area contributed by atoms with Gasteiger partial charge in [0, 0.05) is 6.20 Å². The molecule has 1 heterocycles. The highest BCUT2D eigenvalue weighted by molar-refractivity contribution is 6.32. The molecule has 0 aliphatic rings. The molecule has 2 aromatic rings. The second kappa shape index (κ2) is 6.21. The maximum Gasteiger partial charge on any atom is 0.336 e. The van der Waals surface area contributed by atoms with E-state index in [0.29, 0.717) is 22.0 Å². The molecule has 4 nitrogen and oxygen atoms in total. The Morgan fingerprint density at radius 1 is 1.35 bits per heavy atom. The van der Waals surface area contributed by atoms with Crippen molar-refractivity contribution in [3.05, 3.63) is 58.9 Å². The fourth-order valence-corrected chi connectivity index (χ4v) is 1.97.